The summed E-state index contributed by atoms with van der Waals surface area (Å²) >= 11 is 0. The Bertz CT molecular complexity index is 276. The van der Waals surface area contributed by atoms with Gasteiger partial charge in [0.1, 0.15) is 5.54 Å². The summed E-state index contributed by atoms with van der Waals surface area (Å²) in [6.45, 7) is 6.81. The van der Waals surface area contributed by atoms with Crippen LogP contribution in [0.3, 0.4) is 0 Å². The zero-order valence-electron chi connectivity index (χ0n) is 10.9. The number of hydrogen-bond donors (Lipinski definition) is 2. The average Bonchev–Trinajstić information content (AvgIpc) is 2.50. The highest BCUT2D eigenvalue weighted by Gasteiger charge is 2.49. The van der Waals surface area contributed by atoms with Crippen molar-refractivity contribution >= 4 is 5.91 Å². The van der Waals surface area contributed by atoms with Crippen LogP contribution in [0.2, 0.25) is 0 Å². The smallest absolute Gasteiger partial charge is 0.239 e. The van der Waals surface area contributed by atoms with Gasteiger partial charge in [0, 0.05) is 32.2 Å². The van der Waals surface area contributed by atoms with Gasteiger partial charge in [0.25, 0.3) is 0 Å². The minimum Gasteiger partial charge on any atom is -0.368 e. The molecule has 2 heterocycles. The van der Waals surface area contributed by atoms with Gasteiger partial charge in [-0.2, -0.15) is 0 Å². The molecule has 17 heavy (non-hydrogen) atoms. The second-order valence-electron chi connectivity index (χ2n) is 5.45. The number of likely N-dealkylation sites (tertiary alicyclic amines) is 1. The maximum absolute atomic E-state index is 12.0. The molecule has 2 atom stereocenters. The first kappa shape index (κ1) is 12.8. The third kappa shape index (κ3) is 2.32. The summed E-state index contributed by atoms with van der Waals surface area (Å²) in [7, 11) is 2.07. The van der Waals surface area contributed by atoms with Gasteiger partial charge < -0.3 is 16.0 Å². The third-order valence-electron chi connectivity index (χ3n) is 4.30. The quantitative estimate of drug-likeness (QED) is 0.665. The van der Waals surface area contributed by atoms with Crippen molar-refractivity contribution in [3.05, 3.63) is 0 Å². The van der Waals surface area contributed by atoms with Gasteiger partial charge in [-0.05, 0) is 33.4 Å². The van der Waals surface area contributed by atoms with Gasteiger partial charge in [-0.1, -0.05) is 0 Å². The van der Waals surface area contributed by atoms with Crippen LogP contribution < -0.4 is 11.1 Å². The van der Waals surface area contributed by atoms with Crippen LogP contribution in [-0.2, 0) is 4.79 Å². The Morgan fingerprint density at radius 3 is 2.76 bits per heavy atom. The fourth-order valence-electron chi connectivity index (χ4n) is 3.11. The molecule has 2 fully saturated rings. The monoisotopic (exact) mass is 240 g/mol. The van der Waals surface area contributed by atoms with Crippen LogP contribution in [0.1, 0.15) is 19.8 Å². The van der Waals surface area contributed by atoms with Crippen LogP contribution in [0.4, 0.5) is 0 Å². The fraction of sp³-hybridized carbons (Fsp3) is 0.917. The van der Waals surface area contributed by atoms with Gasteiger partial charge in [-0.15, -0.1) is 0 Å². The first-order valence-electron chi connectivity index (χ1n) is 6.52. The molecule has 0 bridgehead atoms. The van der Waals surface area contributed by atoms with Crippen LogP contribution >= 0.6 is 0 Å². The molecule has 0 aliphatic carbocycles. The van der Waals surface area contributed by atoms with Gasteiger partial charge in [0.15, 0.2) is 0 Å². The van der Waals surface area contributed by atoms with E-state index in [2.05, 4.69) is 29.1 Å². The maximum atomic E-state index is 12.0. The minimum absolute atomic E-state index is 0.157. The number of primary amides is 1. The van der Waals surface area contributed by atoms with Crippen LogP contribution in [0.5, 0.6) is 0 Å². The molecule has 0 spiro atoms. The molecule has 2 aliphatic heterocycles. The molecule has 2 rings (SSSR count). The van der Waals surface area contributed by atoms with Crippen molar-refractivity contribution in [3.8, 4) is 0 Å². The van der Waals surface area contributed by atoms with Gasteiger partial charge in [-0.25, -0.2) is 0 Å². The van der Waals surface area contributed by atoms with E-state index < -0.39 is 5.54 Å². The van der Waals surface area contributed by atoms with E-state index in [0.717, 1.165) is 45.6 Å². The summed E-state index contributed by atoms with van der Waals surface area (Å²) in [5.74, 6) is -0.157. The van der Waals surface area contributed by atoms with Crippen molar-refractivity contribution in [1.29, 1.82) is 0 Å². The van der Waals surface area contributed by atoms with Crippen molar-refractivity contribution < 1.29 is 4.79 Å². The molecule has 1 amide bonds. The predicted octanol–water partition coefficient (Wildman–Crippen LogP) is -0.770. The third-order valence-corrected chi connectivity index (χ3v) is 4.30. The summed E-state index contributed by atoms with van der Waals surface area (Å²) in [6, 6.07) is 0.429. The van der Waals surface area contributed by atoms with Gasteiger partial charge in [0.05, 0.1) is 0 Å². The summed E-state index contributed by atoms with van der Waals surface area (Å²) in [4.78, 5) is 16.5. The lowest BCUT2D eigenvalue weighted by Gasteiger charge is -2.37. The summed E-state index contributed by atoms with van der Waals surface area (Å²) in [5, 5.41) is 3.37. The summed E-state index contributed by atoms with van der Waals surface area (Å²) < 4.78 is 0. The number of rotatable bonds is 2. The highest BCUT2D eigenvalue weighted by Crippen LogP contribution is 2.31. The van der Waals surface area contributed by atoms with E-state index in [-0.39, 0.29) is 5.91 Å². The molecule has 0 aromatic heterocycles. The van der Waals surface area contributed by atoms with Crippen molar-refractivity contribution in [1.82, 2.24) is 15.1 Å². The van der Waals surface area contributed by atoms with E-state index in [9.17, 15) is 4.79 Å². The number of carbonyl (C=O) groups is 1. The Kier molecular flexibility index (Phi) is 3.70. The largest absolute Gasteiger partial charge is 0.368 e. The Morgan fingerprint density at radius 2 is 2.18 bits per heavy atom. The second-order valence-corrected chi connectivity index (χ2v) is 5.45. The Hall–Kier alpha value is -0.650. The van der Waals surface area contributed by atoms with Crippen molar-refractivity contribution in [2.75, 3.05) is 39.8 Å². The van der Waals surface area contributed by atoms with Gasteiger partial charge in [0.2, 0.25) is 5.91 Å². The zero-order chi connectivity index (χ0) is 12.5. The number of likely N-dealkylation sites (N-methyl/N-ethyl adjacent to an activating group) is 1. The lowest BCUT2D eigenvalue weighted by atomic mass is 9.92. The fourth-order valence-corrected chi connectivity index (χ4v) is 3.11. The molecule has 5 heteroatoms. The SMILES string of the molecule is CC1CC(C(N)=O)(N2CCCNCC2)CN1C. The second kappa shape index (κ2) is 4.92. The zero-order valence-corrected chi connectivity index (χ0v) is 10.9. The van der Waals surface area contributed by atoms with E-state index in [4.69, 9.17) is 5.73 Å². The van der Waals surface area contributed by atoms with Crippen LogP contribution in [0, 0.1) is 0 Å². The highest BCUT2D eigenvalue weighted by atomic mass is 16.1. The molecule has 5 nitrogen and oxygen atoms in total. The van der Waals surface area contributed by atoms with Crippen molar-refractivity contribution in [2.45, 2.75) is 31.3 Å². The Labute approximate surface area is 103 Å². The topological polar surface area (TPSA) is 61.6 Å². The number of amides is 1. The molecule has 0 saturated carbocycles. The minimum atomic E-state index is -0.444. The summed E-state index contributed by atoms with van der Waals surface area (Å²) in [6.07, 6.45) is 1.95. The van der Waals surface area contributed by atoms with Crippen molar-refractivity contribution in [2.24, 2.45) is 5.73 Å². The van der Waals surface area contributed by atoms with E-state index >= 15 is 0 Å². The van der Waals surface area contributed by atoms with Crippen molar-refractivity contribution in [3.63, 3.8) is 0 Å². The number of nitrogens with one attached hydrogen (secondary N) is 1. The van der Waals surface area contributed by atoms with E-state index in [0.29, 0.717) is 6.04 Å². The summed E-state index contributed by atoms with van der Waals surface area (Å²) in [5.41, 5.74) is 5.27. The molecule has 3 N–H and O–H groups in total. The molecule has 0 radical (unpaired) electrons. The van der Waals surface area contributed by atoms with E-state index in [1.807, 2.05) is 0 Å². The number of nitrogens with zero attached hydrogens (tertiary/aromatic N) is 2. The van der Waals surface area contributed by atoms with Crippen LogP contribution in [0.25, 0.3) is 0 Å². The number of nitrogens with two attached hydrogens (primary N) is 1. The molecule has 98 valence electrons. The first-order chi connectivity index (χ1) is 8.06. The molecule has 2 saturated heterocycles. The maximum Gasteiger partial charge on any atom is 0.239 e. The predicted molar refractivity (Wildman–Crippen MR) is 67.7 cm³/mol. The van der Waals surface area contributed by atoms with E-state index in [1.54, 1.807) is 0 Å². The molecule has 2 aliphatic rings. The first-order valence-corrected chi connectivity index (χ1v) is 6.52. The molecular weight excluding hydrogens is 216 g/mol. The van der Waals surface area contributed by atoms with Gasteiger partial charge >= 0.3 is 0 Å². The Balaban J connectivity index is 2.19. The van der Waals surface area contributed by atoms with Gasteiger partial charge in [-0.3, -0.25) is 9.69 Å². The van der Waals surface area contributed by atoms with Crippen LogP contribution in [-0.4, -0.2) is 67.1 Å². The number of carbonyl (C=O) groups excluding carboxylic acids is 1. The molecule has 0 aromatic carbocycles. The molecular formula is C12H24N4O. The molecule has 0 aromatic rings. The lowest BCUT2D eigenvalue weighted by Crippen LogP contribution is -2.59. The highest BCUT2D eigenvalue weighted by molar-refractivity contribution is 5.85. The number of hydrogen-bond acceptors (Lipinski definition) is 4. The molecule has 2 unspecified atom stereocenters. The normalized spacial score (nSPS) is 36.9. The lowest BCUT2D eigenvalue weighted by molar-refractivity contribution is -0.129. The van der Waals surface area contributed by atoms with E-state index in [1.165, 1.54) is 0 Å². The average molecular weight is 240 g/mol. The van der Waals surface area contributed by atoms with Crippen LogP contribution in [0.15, 0.2) is 0 Å². The Morgan fingerprint density at radius 1 is 1.41 bits per heavy atom. The standard InChI is InChI=1S/C12H24N4O/c1-10-8-12(11(13)17,9-15(10)2)16-6-3-4-14-5-7-16/h10,14H,3-9H2,1-2H3,(H2,13,17).